The number of carbonyl (C=O) groups is 4. The molecular weight excluding hydrogens is 372 g/mol. The molecule has 0 radical (unpaired) electrons. The molecule has 142 valence electrons. The van der Waals surface area contributed by atoms with E-state index in [0.29, 0.717) is 10.7 Å². The quantitative estimate of drug-likeness (QED) is 0.611. The van der Waals surface area contributed by atoms with Crippen molar-refractivity contribution in [2.75, 3.05) is 18.5 Å². The number of benzene rings is 1. The third kappa shape index (κ3) is 3.32. The van der Waals surface area contributed by atoms with Gasteiger partial charge in [-0.05, 0) is 55.4 Å². The Balaban J connectivity index is 1.28. The lowest BCUT2D eigenvalue weighted by Crippen LogP contribution is -2.38. The van der Waals surface area contributed by atoms with Crippen molar-refractivity contribution in [3.05, 3.63) is 29.3 Å². The Labute approximate surface area is 161 Å². The van der Waals surface area contributed by atoms with Gasteiger partial charge in [0.25, 0.3) is 5.91 Å². The number of amides is 3. The first-order valence-corrected chi connectivity index (χ1v) is 9.38. The van der Waals surface area contributed by atoms with E-state index < -0.39 is 25.0 Å². The van der Waals surface area contributed by atoms with Gasteiger partial charge in [-0.2, -0.15) is 0 Å². The van der Waals surface area contributed by atoms with Crippen LogP contribution >= 0.6 is 11.6 Å². The van der Waals surface area contributed by atoms with Crippen LogP contribution in [0.15, 0.2) is 24.3 Å². The van der Waals surface area contributed by atoms with Gasteiger partial charge in [0, 0.05) is 10.7 Å². The molecule has 8 heteroatoms. The fourth-order valence-electron chi connectivity index (χ4n) is 4.68. The standard InChI is InChI=1S/C19H19ClN2O5/c20-12-3-5-13(6-4-12)21-14(23)9-27-15(24)8-22-18(25)16-10-1-2-11(7-10)17(16)19(22)26/h3-6,10-11,16-17H,1-2,7-9H2,(H,21,23)/t10-,11+,16-,17-/m0/s1. The molecule has 2 saturated carbocycles. The van der Waals surface area contributed by atoms with E-state index in [1.165, 1.54) is 0 Å². The van der Waals surface area contributed by atoms with E-state index in [-0.39, 0.29) is 35.5 Å². The van der Waals surface area contributed by atoms with Gasteiger partial charge in [0.15, 0.2) is 6.61 Å². The van der Waals surface area contributed by atoms with Crippen LogP contribution in [0, 0.1) is 23.7 Å². The summed E-state index contributed by atoms with van der Waals surface area (Å²) in [6.45, 7) is -0.923. The van der Waals surface area contributed by atoms with Gasteiger partial charge in [0.2, 0.25) is 11.8 Å². The average molecular weight is 391 g/mol. The zero-order valence-electron chi connectivity index (χ0n) is 14.5. The Hall–Kier alpha value is -2.41. The minimum atomic E-state index is -0.768. The molecule has 1 heterocycles. The van der Waals surface area contributed by atoms with Gasteiger partial charge >= 0.3 is 5.97 Å². The molecule has 2 aliphatic carbocycles. The van der Waals surface area contributed by atoms with Crippen LogP contribution in [-0.2, 0) is 23.9 Å². The summed E-state index contributed by atoms with van der Waals surface area (Å²) in [5.41, 5.74) is 0.522. The van der Waals surface area contributed by atoms with Crippen molar-refractivity contribution in [1.29, 1.82) is 0 Å². The number of nitrogens with zero attached hydrogens (tertiary/aromatic N) is 1. The van der Waals surface area contributed by atoms with Gasteiger partial charge in [-0.25, -0.2) is 0 Å². The number of nitrogens with one attached hydrogen (secondary N) is 1. The summed E-state index contributed by atoms with van der Waals surface area (Å²) in [6, 6.07) is 6.49. The van der Waals surface area contributed by atoms with E-state index in [1.807, 2.05) is 0 Å². The molecule has 1 aromatic carbocycles. The van der Waals surface area contributed by atoms with Crippen LogP contribution in [0.5, 0.6) is 0 Å². The van der Waals surface area contributed by atoms with Crippen molar-refractivity contribution in [3.8, 4) is 0 Å². The van der Waals surface area contributed by atoms with Gasteiger partial charge in [0.1, 0.15) is 6.54 Å². The molecule has 1 N–H and O–H groups in total. The highest BCUT2D eigenvalue weighted by molar-refractivity contribution is 6.30. The van der Waals surface area contributed by atoms with E-state index in [2.05, 4.69) is 5.32 Å². The summed E-state index contributed by atoms with van der Waals surface area (Å²) in [4.78, 5) is 50.0. The van der Waals surface area contributed by atoms with E-state index >= 15 is 0 Å². The molecule has 0 aromatic heterocycles. The fourth-order valence-corrected chi connectivity index (χ4v) is 4.80. The SMILES string of the molecule is O=C(COC(=O)CN1C(=O)[C@H]2[C@@H]3CC[C@@H](C3)[C@@H]2C1=O)Nc1ccc(Cl)cc1. The minimum absolute atomic E-state index is 0.264. The number of halogens is 1. The average Bonchev–Trinajstić information content (AvgIpc) is 3.32. The normalized spacial score (nSPS) is 28.4. The Morgan fingerprint density at radius 2 is 1.67 bits per heavy atom. The molecule has 3 amide bonds. The Kier molecular flexibility index (Phi) is 4.63. The van der Waals surface area contributed by atoms with Crippen molar-refractivity contribution in [1.82, 2.24) is 4.90 Å². The highest BCUT2D eigenvalue weighted by Crippen LogP contribution is 2.56. The van der Waals surface area contributed by atoms with Crippen LogP contribution in [-0.4, -0.2) is 41.7 Å². The van der Waals surface area contributed by atoms with Crippen LogP contribution in [0.1, 0.15) is 19.3 Å². The molecule has 3 fully saturated rings. The van der Waals surface area contributed by atoms with Crippen molar-refractivity contribution >= 4 is 41.0 Å². The molecule has 0 unspecified atom stereocenters. The lowest BCUT2D eigenvalue weighted by Gasteiger charge is -2.19. The number of esters is 1. The number of hydrogen-bond acceptors (Lipinski definition) is 5. The molecule has 3 aliphatic rings. The molecule has 7 nitrogen and oxygen atoms in total. The molecule has 4 atom stereocenters. The molecule has 0 spiro atoms. The first-order chi connectivity index (χ1) is 12.9. The number of fused-ring (bicyclic) bond motifs is 5. The number of rotatable bonds is 5. The maximum atomic E-state index is 12.5. The van der Waals surface area contributed by atoms with Crippen molar-refractivity contribution in [3.63, 3.8) is 0 Å². The maximum Gasteiger partial charge on any atom is 0.326 e. The summed E-state index contributed by atoms with van der Waals surface area (Å²) in [6.07, 6.45) is 2.90. The number of imide groups is 1. The number of carbonyl (C=O) groups excluding carboxylic acids is 4. The van der Waals surface area contributed by atoms with Gasteiger partial charge in [-0.3, -0.25) is 24.1 Å². The molecule has 1 aliphatic heterocycles. The second kappa shape index (κ2) is 6.96. The maximum absolute atomic E-state index is 12.5. The molecule has 1 aromatic rings. The lowest BCUT2D eigenvalue weighted by molar-refractivity contribution is -0.154. The van der Waals surface area contributed by atoms with Crippen LogP contribution in [0.2, 0.25) is 5.02 Å². The highest BCUT2D eigenvalue weighted by atomic mass is 35.5. The second-order valence-electron chi connectivity index (χ2n) is 7.36. The zero-order valence-corrected chi connectivity index (χ0v) is 15.3. The number of hydrogen-bond donors (Lipinski definition) is 1. The van der Waals surface area contributed by atoms with Gasteiger partial charge < -0.3 is 10.1 Å². The highest BCUT2D eigenvalue weighted by Gasteiger charge is 2.61. The van der Waals surface area contributed by atoms with Gasteiger partial charge in [-0.15, -0.1) is 0 Å². The predicted molar refractivity (Wildman–Crippen MR) is 95.6 cm³/mol. The molecule has 1 saturated heterocycles. The third-order valence-corrected chi connectivity index (χ3v) is 6.05. The van der Waals surface area contributed by atoms with E-state index in [0.717, 1.165) is 24.2 Å². The summed E-state index contributed by atoms with van der Waals surface area (Å²) in [5, 5.41) is 3.11. The van der Waals surface area contributed by atoms with E-state index in [9.17, 15) is 19.2 Å². The number of ether oxygens (including phenoxy) is 1. The van der Waals surface area contributed by atoms with Crippen LogP contribution in [0.4, 0.5) is 5.69 Å². The molecule has 2 bridgehead atoms. The largest absolute Gasteiger partial charge is 0.454 e. The molecular formula is C19H19ClN2O5. The van der Waals surface area contributed by atoms with E-state index in [1.54, 1.807) is 24.3 Å². The Morgan fingerprint density at radius 1 is 1.07 bits per heavy atom. The summed E-state index contributed by atoms with van der Waals surface area (Å²) < 4.78 is 4.93. The van der Waals surface area contributed by atoms with Crippen LogP contribution in [0.3, 0.4) is 0 Å². The lowest BCUT2D eigenvalue weighted by atomic mass is 9.81. The second-order valence-corrected chi connectivity index (χ2v) is 7.80. The van der Waals surface area contributed by atoms with E-state index in [4.69, 9.17) is 16.3 Å². The summed E-state index contributed by atoms with van der Waals surface area (Å²) in [7, 11) is 0. The topological polar surface area (TPSA) is 92.8 Å². The van der Waals surface area contributed by atoms with Gasteiger partial charge in [-0.1, -0.05) is 11.6 Å². The van der Waals surface area contributed by atoms with Crippen LogP contribution < -0.4 is 5.32 Å². The molecule has 4 rings (SSSR count). The first-order valence-electron chi connectivity index (χ1n) is 9.00. The smallest absolute Gasteiger partial charge is 0.326 e. The number of anilines is 1. The van der Waals surface area contributed by atoms with Crippen molar-refractivity contribution < 1.29 is 23.9 Å². The summed E-state index contributed by atoms with van der Waals surface area (Å²) in [5.74, 6) is -1.81. The minimum Gasteiger partial charge on any atom is -0.454 e. The number of likely N-dealkylation sites (tertiary alicyclic amines) is 1. The summed E-state index contributed by atoms with van der Waals surface area (Å²) >= 11 is 5.77. The fraction of sp³-hybridized carbons (Fsp3) is 0.474. The van der Waals surface area contributed by atoms with Crippen molar-refractivity contribution in [2.45, 2.75) is 19.3 Å². The molecule has 27 heavy (non-hydrogen) atoms. The monoisotopic (exact) mass is 390 g/mol. The predicted octanol–water partition coefficient (Wildman–Crippen LogP) is 1.85. The van der Waals surface area contributed by atoms with Gasteiger partial charge in [0.05, 0.1) is 11.8 Å². The third-order valence-electron chi connectivity index (χ3n) is 5.80. The van der Waals surface area contributed by atoms with Crippen molar-refractivity contribution in [2.24, 2.45) is 23.7 Å². The first kappa shape index (κ1) is 18.0. The zero-order chi connectivity index (χ0) is 19.1. The van der Waals surface area contributed by atoms with Crippen LogP contribution in [0.25, 0.3) is 0 Å². The Bertz CT molecular complexity index is 781. The Morgan fingerprint density at radius 3 is 2.26 bits per heavy atom.